The Labute approximate surface area is 164 Å². The maximum Gasteiger partial charge on any atom is 0.217 e. The molecule has 4 atom stereocenters. The molecule has 2 bridgehead atoms. The molecule has 0 amide bonds. The van der Waals surface area contributed by atoms with Gasteiger partial charge in [0.05, 0.1) is 24.1 Å². The van der Waals surface area contributed by atoms with E-state index in [4.69, 9.17) is 14.9 Å². The fourth-order valence-electron chi connectivity index (χ4n) is 5.37. The molecule has 1 aliphatic carbocycles. The van der Waals surface area contributed by atoms with Crippen molar-refractivity contribution in [1.82, 2.24) is 0 Å². The van der Waals surface area contributed by atoms with E-state index >= 15 is 0 Å². The fourth-order valence-corrected chi connectivity index (χ4v) is 5.37. The Kier molecular flexibility index (Phi) is 4.18. The number of rotatable bonds is 1. The van der Waals surface area contributed by atoms with Gasteiger partial charge in [-0.25, -0.2) is 0 Å². The van der Waals surface area contributed by atoms with Crippen LogP contribution >= 0.6 is 0 Å². The van der Waals surface area contributed by atoms with Crippen LogP contribution in [-0.4, -0.2) is 11.7 Å². The maximum atomic E-state index is 10.3. The summed E-state index contributed by atoms with van der Waals surface area (Å²) in [5.41, 5.74) is -1.92. The molecule has 1 saturated carbocycles. The maximum absolute atomic E-state index is 10.3. The first-order valence-electron chi connectivity index (χ1n) is 9.76. The molecule has 3 aliphatic rings. The summed E-state index contributed by atoms with van der Waals surface area (Å²) in [5.74, 6) is -1.92. The summed E-state index contributed by atoms with van der Waals surface area (Å²) in [7, 11) is 0. The Morgan fingerprint density at radius 2 is 1.75 bits per heavy atom. The molecule has 2 aliphatic heterocycles. The zero-order valence-electron chi connectivity index (χ0n) is 15.9. The zero-order valence-corrected chi connectivity index (χ0v) is 15.9. The second-order valence-corrected chi connectivity index (χ2v) is 8.05. The summed E-state index contributed by atoms with van der Waals surface area (Å²) in [6.45, 7) is 1.90. The van der Waals surface area contributed by atoms with Crippen molar-refractivity contribution in [2.24, 2.45) is 16.7 Å². The quantitative estimate of drug-likeness (QED) is 0.788. The second kappa shape index (κ2) is 6.33. The van der Waals surface area contributed by atoms with E-state index in [1.807, 2.05) is 31.2 Å². The molecule has 0 radical (unpaired) electrons. The number of nitrogens with zero attached hydrogens (tertiary/aromatic N) is 3. The molecule has 0 spiro atoms. The van der Waals surface area contributed by atoms with Crippen LogP contribution in [0.4, 0.5) is 0 Å². The highest BCUT2D eigenvalue weighted by Crippen LogP contribution is 2.68. The van der Waals surface area contributed by atoms with Crippen molar-refractivity contribution >= 4 is 5.90 Å². The molecule has 1 aromatic rings. The fraction of sp³-hybridized carbons (Fsp3) is 0.545. The third-order valence-corrected chi connectivity index (χ3v) is 6.79. The Morgan fingerprint density at radius 3 is 2.43 bits per heavy atom. The first-order chi connectivity index (χ1) is 13.5. The molecular formula is C22H22N4O2. The average molecular weight is 374 g/mol. The van der Waals surface area contributed by atoms with Crippen molar-refractivity contribution < 1.29 is 9.47 Å². The van der Waals surface area contributed by atoms with Crippen LogP contribution in [0.5, 0.6) is 0 Å². The predicted molar refractivity (Wildman–Crippen MR) is 99.4 cm³/mol. The van der Waals surface area contributed by atoms with Crippen molar-refractivity contribution in [3.05, 3.63) is 35.4 Å². The van der Waals surface area contributed by atoms with E-state index < -0.39 is 28.6 Å². The molecule has 2 heterocycles. The summed E-state index contributed by atoms with van der Waals surface area (Å²) < 4.78 is 12.5. The molecule has 6 nitrogen and oxygen atoms in total. The van der Waals surface area contributed by atoms with Crippen LogP contribution in [0.1, 0.15) is 55.8 Å². The lowest BCUT2D eigenvalue weighted by molar-refractivity contribution is -0.289. The van der Waals surface area contributed by atoms with E-state index in [2.05, 4.69) is 18.2 Å². The van der Waals surface area contributed by atoms with Crippen LogP contribution < -0.4 is 0 Å². The number of aryl methyl sites for hydroxylation is 1. The van der Waals surface area contributed by atoms with Gasteiger partial charge >= 0.3 is 0 Å². The lowest BCUT2D eigenvalue weighted by Crippen LogP contribution is -2.59. The molecule has 1 N–H and O–H groups in total. The van der Waals surface area contributed by atoms with Crippen LogP contribution in [0.3, 0.4) is 0 Å². The predicted octanol–water partition coefficient (Wildman–Crippen LogP) is 4.28. The molecule has 4 unspecified atom stereocenters. The van der Waals surface area contributed by atoms with E-state index in [9.17, 15) is 15.8 Å². The smallest absolute Gasteiger partial charge is 0.217 e. The average Bonchev–Trinajstić information content (AvgIpc) is 2.85. The van der Waals surface area contributed by atoms with Crippen molar-refractivity contribution in [1.29, 1.82) is 21.2 Å². The highest BCUT2D eigenvalue weighted by molar-refractivity contribution is 5.89. The second-order valence-electron chi connectivity index (χ2n) is 8.05. The minimum Gasteiger partial charge on any atom is -0.447 e. The molecule has 142 valence electrons. The van der Waals surface area contributed by atoms with Crippen LogP contribution in [0.15, 0.2) is 24.3 Å². The minimum absolute atomic E-state index is 0.291. The molecule has 6 heteroatoms. The van der Waals surface area contributed by atoms with E-state index in [1.165, 1.54) is 0 Å². The van der Waals surface area contributed by atoms with E-state index in [1.54, 1.807) is 0 Å². The van der Waals surface area contributed by atoms with Gasteiger partial charge in [0.25, 0.3) is 0 Å². The third kappa shape index (κ3) is 2.06. The first kappa shape index (κ1) is 18.5. The molecule has 2 saturated heterocycles. The number of nitrogens with one attached hydrogen (secondary N) is 1. The van der Waals surface area contributed by atoms with Crippen molar-refractivity contribution in [2.75, 3.05) is 0 Å². The monoisotopic (exact) mass is 374 g/mol. The van der Waals surface area contributed by atoms with Gasteiger partial charge in [-0.15, -0.1) is 0 Å². The molecule has 1 aromatic carbocycles. The lowest BCUT2D eigenvalue weighted by atomic mass is 9.52. The van der Waals surface area contributed by atoms with Gasteiger partial charge in [-0.05, 0) is 30.9 Å². The van der Waals surface area contributed by atoms with Gasteiger partial charge in [0.15, 0.2) is 5.41 Å². The minimum atomic E-state index is -1.85. The molecule has 3 fully saturated rings. The molecule has 28 heavy (non-hydrogen) atoms. The first-order valence-corrected chi connectivity index (χ1v) is 9.76. The number of benzene rings is 1. The van der Waals surface area contributed by atoms with Crippen molar-refractivity contribution in [2.45, 2.75) is 57.3 Å². The largest absolute Gasteiger partial charge is 0.447 e. The van der Waals surface area contributed by atoms with Gasteiger partial charge in [-0.1, -0.05) is 43.5 Å². The van der Waals surface area contributed by atoms with Crippen molar-refractivity contribution in [3.63, 3.8) is 0 Å². The van der Waals surface area contributed by atoms with E-state index in [0.717, 1.165) is 31.2 Å². The Morgan fingerprint density at radius 1 is 1.04 bits per heavy atom. The van der Waals surface area contributed by atoms with Gasteiger partial charge in [-0.3, -0.25) is 5.41 Å². The summed E-state index contributed by atoms with van der Waals surface area (Å²) in [6, 6.07) is 13.9. The Balaban J connectivity index is 2.01. The molecular weight excluding hydrogens is 352 g/mol. The summed E-state index contributed by atoms with van der Waals surface area (Å²) in [5, 5.41) is 39.5. The van der Waals surface area contributed by atoms with Gasteiger partial charge in [-0.2, -0.15) is 15.8 Å². The number of ether oxygens (including phenoxy) is 2. The van der Waals surface area contributed by atoms with Crippen molar-refractivity contribution in [3.8, 4) is 18.2 Å². The topological polar surface area (TPSA) is 114 Å². The van der Waals surface area contributed by atoms with Crippen LogP contribution in [0.25, 0.3) is 0 Å². The van der Waals surface area contributed by atoms with E-state index in [0.29, 0.717) is 18.4 Å². The van der Waals surface area contributed by atoms with Crippen LogP contribution in [-0.2, 0) is 9.47 Å². The third-order valence-electron chi connectivity index (χ3n) is 6.79. The molecule has 4 rings (SSSR count). The van der Waals surface area contributed by atoms with E-state index in [-0.39, 0.29) is 5.90 Å². The summed E-state index contributed by atoms with van der Waals surface area (Å²) in [6.07, 6.45) is 3.97. The zero-order chi connectivity index (χ0) is 20.0. The highest BCUT2D eigenvalue weighted by atomic mass is 16.7. The van der Waals surface area contributed by atoms with Gasteiger partial charge in [0.1, 0.15) is 6.10 Å². The van der Waals surface area contributed by atoms with Crippen LogP contribution in [0.2, 0.25) is 0 Å². The number of nitriles is 3. The van der Waals surface area contributed by atoms with Gasteiger partial charge in [0.2, 0.25) is 17.1 Å². The molecule has 0 aromatic heterocycles. The van der Waals surface area contributed by atoms with Gasteiger partial charge < -0.3 is 9.47 Å². The Bertz CT molecular complexity index is 939. The normalized spacial score (nSPS) is 35.9. The van der Waals surface area contributed by atoms with Crippen LogP contribution in [0, 0.1) is 63.1 Å². The Hall–Kier alpha value is -2.88. The highest BCUT2D eigenvalue weighted by Gasteiger charge is 2.80. The summed E-state index contributed by atoms with van der Waals surface area (Å²) >= 11 is 0. The SMILES string of the molecule is Cc1ccccc1C1OC23CCCCCCC2C(C#N)(C(=N)O3)C1(C#N)C#N. The standard InChI is InChI=1S/C22H22N4O2/c1-15-8-5-6-9-16(15)18-20(12-23,13-24)21(14-25)17-10-4-2-3-7-11-22(17,27-18)28-19(21)26/h5-6,8-9,17-18,26H,2-4,7,10-11H2,1H3. The summed E-state index contributed by atoms with van der Waals surface area (Å²) in [4.78, 5) is 0. The number of hydrogen-bond acceptors (Lipinski definition) is 6. The number of hydrogen-bond donors (Lipinski definition) is 1. The lowest BCUT2D eigenvalue weighted by Gasteiger charge is -2.50. The van der Waals surface area contributed by atoms with Gasteiger partial charge in [0, 0.05) is 6.42 Å².